The Kier molecular flexibility index (Phi) is 5.54. The van der Waals surface area contributed by atoms with Crippen LogP contribution in [0.3, 0.4) is 0 Å². The fourth-order valence-electron chi connectivity index (χ4n) is 3.10. The van der Waals surface area contributed by atoms with Gasteiger partial charge in [0.05, 0.1) is 4.92 Å². The summed E-state index contributed by atoms with van der Waals surface area (Å²) >= 11 is 0. The standard InChI is InChI=1S/C20H27NO6/c1-12-13(2)17-15(8-9-20(7,26-17)10-11-21(23)24)14(3)16(12)25-18(22)27-19(4,5)6/h10-11H,8-9H2,1-7H3/b11-10+. The predicted octanol–water partition coefficient (Wildman–Crippen LogP) is 4.80. The Morgan fingerprint density at radius 2 is 1.85 bits per heavy atom. The maximum absolute atomic E-state index is 12.1. The molecule has 1 aromatic rings. The van der Waals surface area contributed by atoms with E-state index in [0.29, 0.717) is 24.3 Å². The molecule has 1 atom stereocenters. The van der Waals surface area contributed by atoms with E-state index in [1.807, 2.05) is 27.7 Å². The number of ether oxygens (including phenoxy) is 3. The zero-order chi connectivity index (χ0) is 20.6. The zero-order valence-corrected chi connectivity index (χ0v) is 17.0. The van der Waals surface area contributed by atoms with Crippen molar-refractivity contribution in [3.63, 3.8) is 0 Å². The second kappa shape index (κ2) is 7.21. The summed E-state index contributed by atoms with van der Waals surface area (Å²) in [6.07, 6.45) is 2.89. The zero-order valence-electron chi connectivity index (χ0n) is 17.0. The number of hydrogen-bond donors (Lipinski definition) is 0. The van der Waals surface area contributed by atoms with Gasteiger partial charge >= 0.3 is 6.16 Å². The van der Waals surface area contributed by atoms with E-state index in [-0.39, 0.29) is 0 Å². The van der Waals surface area contributed by atoms with Gasteiger partial charge in [-0.2, -0.15) is 0 Å². The van der Waals surface area contributed by atoms with E-state index >= 15 is 0 Å². The van der Waals surface area contributed by atoms with Gasteiger partial charge in [-0.15, -0.1) is 0 Å². The molecule has 0 N–H and O–H groups in total. The van der Waals surface area contributed by atoms with Crippen LogP contribution in [0.5, 0.6) is 11.5 Å². The van der Waals surface area contributed by atoms with Crippen molar-refractivity contribution in [1.82, 2.24) is 0 Å². The molecule has 0 saturated carbocycles. The minimum absolute atomic E-state index is 0.480. The average Bonchev–Trinajstić information content (AvgIpc) is 2.53. The molecule has 1 aliphatic rings. The first kappa shape index (κ1) is 20.7. The SMILES string of the molecule is Cc1c(C)c2c(c(C)c1OC(=O)OC(C)(C)C)CCC(C)(/C=C/[N+](=O)[O-])O2. The maximum Gasteiger partial charge on any atom is 0.514 e. The highest BCUT2D eigenvalue weighted by Gasteiger charge is 2.34. The van der Waals surface area contributed by atoms with Gasteiger partial charge in [0.25, 0.3) is 0 Å². The summed E-state index contributed by atoms with van der Waals surface area (Å²) < 4.78 is 16.9. The van der Waals surface area contributed by atoms with E-state index in [2.05, 4.69) is 0 Å². The lowest BCUT2D eigenvalue weighted by Crippen LogP contribution is -2.35. The van der Waals surface area contributed by atoms with Crippen molar-refractivity contribution in [2.75, 3.05) is 0 Å². The number of nitro groups is 1. The number of fused-ring (bicyclic) bond motifs is 1. The summed E-state index contributed by atoms with van der Waals surface area (Å²) in [4.78, 5) is 22.3. The van der Waals surface area contributed by atoms with E-state index in [4.69, 9.17) is 14.2 Å². The fourth-order valence-corrected chi connectivity index (χ4v) is 3.10. The predicted molar refractivity (Wildman–Crippen MR) is 101 cm³/mol. The van der Waals surface area contributed by atoms with Crippen LogP contribution in [0.2, 0.25) is 0 Å². The monoisotopic (exact) mass is 377 g/mol. The van der Waals surface area contributed by atoms with E-state index in [1.54, 1.807) is 20.8 Å². The number of carbonyl (C=O) groups is 1. The minimum Gasteiger partial charge on any atom is -0.483 e. The van der Waals surface area contributed by atoms with Gasteiger partial charge in [-0.05, 0) is 78.0 Å². The number of benzene rings is 1. The van der Waals surface area contributed by atoms with Crippen molar-refractivity contribution in [3.05, 3.63) is 44.6 Å². The highest BCUT2D eigenvalue weighted by atomic mass is 16.7. The summed E-state index contributed by atoms with van der Waals surface area (Å²) in [5.41, 5.74) is 1.99. The molecular weight excluding hydrogens is 350 g/mol. The summed E-state index contributed by atoms with van der Waals surface area (Å²) in [7, 11) is 0. The molecule has 1 heterocycles. The molecule has 1 aliphatic heterocycles. The molecule has 0 spiro atoms. The van der Waals surface area contributed by atoms with Gasteiger partial charge in [0.15, 0.2) is 0 Å². The quantitative estimate of drug-likeness (QED) is 0.325. The number of nitrogens with zero attached hydrogens (tertiary/aromatic N) is 1. The molecule has 7 nitrogen and oxygen atoms in total. The Hall–Kier alpha value is -2.57. The molecule has 1 aromatic carbocycles. The molecule has 0 aromatic heterocycles. The van der Waals surface area contributed by atoms with Crippen LogP contribution in [-0.2, 0) is 11.2 Å². The Bertz CT molecular complexity index is 806. The molecular formula is C20H27NO6. The molecule has 0 aliphatic carbocycles. The highest BCUT2D eigenvalue weighted by Crippen LogP contribution is 2.44. The van der Waals surface area contributed by atoms with Crippen LogP contribution in [0.15, 0.2) is 12.3 Å². The molecule has 0 amide bonds. The molecule has 148 valence electrons. The summed E-state index contributed by atoms with van der Waals surface area (Å²) in [5.74, 6) is 1.18. The first-order valence-electron chi connectivity index (χ1n) is 8.88. The second-order valence-electron chi connectivity index (χ2n) is 8.09. The summed E-state index contributed by atoms with van der Waals surface area (Å²) in [6.45, 7) is 12.8. The third-order valence-electron chi connectivity index (χ3n) is 4.64. The first-order chi connectivity index (χ1) is 12.3. The lowest BCUT2D eigenvalue weighted by Gasteiger charge is -2.35. The van der Waals surface area contributed by atoms with Crippen molar-refractivity contribution in [1.29, 1.82) is 0 Å². The van der Waals surface area contributed by atoms with Gasteiger partial charge in [0, 0.05) is 11.6 Å². The highest BCUT2D eigenvalue weighted by molar-refractivity contribution is 5.68. The van der Waals surface area contributed by atoms with Gasteiger partial charge in [-0.25, -0.2) is 4.79 Å². The Labute approximate surface area is 159 Å². The normalized spacial score (nSPS) is 19.4. The van der Waals surface area contributed by atoms with Gasteiger partial charge in [-0.3, -0.25) is 10.1 Å². The second-order valence-corrected chi connectivity index (χ2v) is 8.09. The van der Waals surface area contributed by atoms with Crippen LogP contribution in [0.25, 0.3) is 0 Å². The van der Waals surface area contributed by atoms with Crippen LogP contribution in [-0.4, -0.2) is 22.3 Å². The Balaban J connectivity index is 2.39. The van der Waals surface area contributed by atoms with Gasteiger partial charge in [0.2, 0.25) is 6.20 Å². The van der Waals surface area contributed by atoms with E-state index in [1.165, 1.54) is 6.08 Å². The molecule has 0 fully saturated rings. The molecule has 27 heavy (non-hydrogen) atoms. The van der Waals surface area contributed by atoms with Gasteiger partial charge < -0.3 is 14.2 Å². The third-order valence-corrected chi connectivity index (χ3v) is 4.64. The van der Waals surface area contributed by atoms with E-state index in [9.17, 15) is 14.9 Å². The van der Waals surface area contributed by atoms with Crippen molar-refractivity contribution < 1.29 is 23.9 Å². The van der Waals surface area contributed by atoms with Crippen LogP contribution in [0, 0.1) is 30.9 Å². The molecule has 0 radical (unpaired) electrons. The lowest BCUT2D eigenvalue weighted by atomic mass is 9.87. The lowest BCUT2D eigenvalue weighted by molar-refractivity contribution is -0.403. The topological polar surface area (TPSA) is 87.9 Å². The van der Waals surface area contributed by atoms with Crippen LogP contribution >= 0.6 is 0 Å². The van der Waals surface area contributed by atoms with E-state index < -0.39 is 22.3 Å². The van der Waals surface area contributed by atoms with Crippen molar-refractivity contribution in [2.24, 2.45) is 0 Å². The maximum atomic E-state index is 12.1. The van der Waals surface area contributed by atoms with Crippen LogP contribution in [0.1, 0.15) is 56.4 Å². The molecule has 0 bridgehead atoms. The Morgan fingerprint density at radius 3 is 2.41 bits per heavy atom. The largest absolute Gasteiger partial charge is 0.514 e. The van der Waals surface area contributed by atoms with Crippen LogP contribution < -0.4 is 9.47 Å². The van der Waals surface area contributed by atoms with Gasteiger partial charge in [0.1, 0.15) is 22.7 Å². The third kappa shape index (κ3) is 4.78. The van der Waals surface area contributed by atoms with Crippen molar-refractivity contribution in [2.45, 2.75) is 72.5 Å². The minimum atomic E-state index is -0.753. The molecule has 2 rings (SSSR count). The molecule has 7 heteroatoms. The summed E-state index contributed by atoms with van der Waals surface area (Å²) in [5, 5.41) is 10.7. The Morgan fingerprint density at radius 1 is 1.22 bits per heavy atom. The number of carbonyl (C=O) groups excluding carboxylic acids is 1. The van der Waals surface area contributed by atoms with Crippen molar-refractivity contribution in [3.8, 4) is 11.5 Å². The van der Waals surface area contributed by atoms with Gasteiger partial charge in [-0.1, -0.05) is 0 Å². The molecule has 0 saturated heterocycles. The van der Waals surface area contributed by atoms with Crippen LogP contribution in [0.4, 0.5) is 4.79 Å². The smallest absolute Gasteiger partial charge is 0.483 e. The fraction of sp³-hybridized carbons (Fsp3) is 0.550. The first-order valence-corrected chi connectivity index (χ1v) is 8.88. The van der Waals surface area contributed by atoms with E-state index in [0.717, 1.165) is 28.5 Å². The molecule has 1 unspecified atom stereocenters. The summed E-state index contributed by atoms with van der Waals surface area (Å²) in [6, 6.07) is 0. The number of hydrogen-bond acceptors (Lipinski definition) is 6. The van der Waals surface area contributed by atoms with Crippen molar-refractivity contribution >= 4 is 6.16 Å². The number of rotatable bonds is 3. The average molecular weight is 377 g/mol.